The molecular weight excluding hydrogens is 512 g/mol. The molecule has 3 aliphatic carbocycles. The first-order valence-corrected chi connectivity index (χ1v) is 14.5. The maximum atomic E-state index is 14.3. The van der Waals surface area contributed by atoms with E-state index in [2.05, 4.69) is 0 Å². The highest BCUT2D eigenvalue weighted by atomic mass is 16.6. The van der Waals surface area contributed by atoms with Crippen LogP contribution in [0.1, 0.15) is 72.8 Å². The summed E-state index contributed by atoms with van der Waals surface area (Å²) in [5, 5.41) is 47.2. The second kappa shape index (κ2) is 9.46. The van der Waals surface area contributed by atoms with Crippen molar-refractivity contribution in [1.82, 2.24) is 0 Å². The summed E-state index contributed by atoms with van der Waals surface area (Å²) in [6, 6.07) is 9.16. The Morgan fingerprint density at radius 3 is 2.33 bits per heavy atom. The van der Waals surface area contributed by atoms with Crippen molar-refractivity contribution in [3.05, 3.63) is 47.0 Å². The standard InChI is InChI=1S/C32H44O8/c1-16-13-22-31(37,15-39-22)26-19(4)32(38)14-21(40-28(36)24(33)17(2)20-11-9-8-10-12-20)18(3)23(29(32,5)6)25(34)27(35)30(16,26)7/h8-12,16-17,19,21-22,24-26,33-34,37-38H,13-15H2,1-7H3/t16-,17-,19?,21?,22?,24?,25?,26?,30+,31-,32?/m0/s1. The molecule has 4 aliphatic rings. The Kier molecular flexibility index (Phi) is 6.95. The minimum atomic E-state index is -1.57. The highest BCUT2D eigenvalue weighted by Gasteiger charge is 2.73. The van der Waals surface area contributed by atoms with Crippen molar-refractivity contribution < 1.29 is 39.5 Å². The molecule has 1 saturated heterocycles. The number of carbonyl (C=O) groups excluding carboxylic acids is 2. The van der Waals surface area contributed by atoms with Crippen molar-refractivity contribution in [1.29, 1.82) is 0 Å². The summed E-state index contributed by atoms with van der Waals surface area (Å²) < 4.78 is 11.6. The first-order chi connectivity index (χ1) is 18.5. The lowest BCUT2D eigenvalue weighted by Gasteiger charge is -2.68. The second-order valence-corrected chi connectivity index (χ2v) is 13.7. The number of esters is 1. The lowest BCUT2D eigenvalue weighted by Crippen LogP contribution is -2.77. The number of hydrogen-bond acceptors (Lipinski definition) is 8. The number of aliphatic hydroxyl groups is 4. The molecule has 1 heterocycles. The van der Waals surface area contributed by atoms with Crippen molar-refractivity contribution in [3.8, 4) is 0 Å². The Hall–Kier alpha value is -2.10. The van der Waals surface area contributed by atoms with E-state index < -0.39 is 76.0 Å². The molecule has 3 fully saturated rings. The van der Waals surface area contributed by atoms with Gasteiger partial charge in [-0.1, -0.05) is 71.9 Å². The fourth-order valence-electron chi connectivity index (χ4n) is 8.76. The van der Waals surface area contributed by atoms with Gasteiger partial charge in [0, 0.05) is 29.1 Å². The first kappa shape index (κ1) is 29.4. The van der Waals surface area contributed by atoms with Gasteiger partial charge in [0.15, 0.2) is 11.9 Å². The van der Waals surface area contributed by atoms with Crippen LogP contribution >= 0.6 is 0 Å². The van der Waals surface area contributed by atoms with Crippen LogP contribution in [-0.2, 0) is 19.1 Å². The lowest BCUT2D eigenvalue weighted by atomic mass is 9.41. The van der Waals surface area contributed by atoms with Crippen LogP contribution in [0.3, 0.4) is 0 Å². The number of benzene rings is 1. The van der Waals surface area contributed by atoms with Gasteiger partial charge >= 0.3 is 5.97 Å². The highest BCUT2D eigenvalue weighted by molar-refractivity contribution is 5.93. The van der Waals surface area contributed by atoms with E-state index in [1.165, 1.54) is 0 Å². The normalized spacial score (nSPS) is 43.8. The van der Waals surface area contributed by atoms with E-state index in [9.17, 15) is 30.0 Å². The van der Waals surface area contributed by atoms with Crippen molar-refractivity contribution in [3.63, 3.8) is 0 Å². The first-order valence-electron chi connectivity index (χ1n) is 14.5. The predicted molar refractivity (Wildman–Crippen MR) is 147 cm³/mol. The van der Waals surface area contributed by atoms with E-state index >= 15 is 0 Å². The Morgan fingerprint density at radius 2 is 1.75 bits per heavy atom. The van der Waals surface area contributed by atoms with Gasteiger partial charge in [-0.2, -0.15) is 0 Å². The quantitative estimate of drug-likeness (QED) is 0.329. The second-order valence-electron chi connectivity index (χ2n) is 13.7. The topological polar surface area (TPSA) is 134 Å². The molecule has 11 atom stereocenters. The van der Waals surface area contributed by atoms with Crippen LogP contribution < -0.4 is 0 Å². The molecule has 2 saturated carbocycles. The molecule has 1 aromatic rings. The van der Waals surface area contributed by atoms with Crippen LogP contribution in [0.2, 0.25) is 0 Å². The van der Waals surface area contributed by atoms with Gasteiger partial charge in [0.25, 0.3) is 0 Å². The number of hydrogen-bond donors (Lipinski definition) is 4. The smallest absolute Gasteiger partial charge is 0.336 e. The largest absolute Gasteiger partial charge is 0.456 e. The zero-order chi connectivity index (χ0) is 29.6. The van der Waals surface area contributed by atoms with E-state index in [0.29, 0.717) is 17.6 Å². The number of ether oxygens (including phenoxy) is 2. The number of Topliss-reactive ketones (excluding diaryl/α,β-unsaturated/α-hetero) is 1. The minimum Gasteiger partial charge on any atom is -0.456 e. The van der Waals surface area contributed by atoms with E-state index in [1.807, 2.05) is 51.1 Å². The average Bonchev–Trinajstić information content (AvgIpc) is 2.91. The Labute approximate surface area is 236 Å². The molecule has 40 heavy (non-hydrogen) atoms. The molecule has 7 unspecified atom stereocenters. The number of ketones is 1. The third-order valence-corrected chi connectivity index (χ3v) is 11.6. The molecule has 0 spiro atoms. The van der Waals surface area contributed by atoms with Gasteiger partial charge < -0.3 is 29.9 Å². The van der Waals surface area contributed by atoms with Gasteiger partial charge in [-0.25, -0.2) is 4.79 Å². The maximum absolute atomic E-state index is 14.3. The van der Waals surface area contributed by atoms with Crippen molar-refractivity contribution in [2.24, 2.45) is 28.6 Å². The maximum Gasteiger partial charge on any atom is 0.336 e. The lowest BCUT2D eigenvalue weighted by molar-refractivity contribution is -0.329. The van der Waals surface area contributed by atoms with Gasteiger partial charge in [-0.3, -0.25) is 4.79 Å². The number of aliphatic hydroxyl groups excluding tert-OH is 2. The zero-order valence-electron chi connectivity index (χ0n) is 24.5. The average molecular weight is 557 g/mol. The van der Waals surface area contributed by atoms with E-state index in [4.69, 9.17) is 9.47 Å². The van der Waals surface area contributed by atoms with Crippen LogP contribution in [0.15, 0.2) is 41.5 Å². The van der Waals surface area contributed by atoms with E-state index in [-0.39, 0.29) is 18.9 Å². The predicted octanol–water partition coefficient (Wildman–Crippen LogP) is 2.91. The fraction of sp³-hybridized carbons (Fsp3) is 0.688. The van der Waals surface area contributed by atoms with Crippen LogP contribution in [-0.4, -0.2) is 74.4 Å². The van der Waals surface area contributed by atoms with Gasteiger partial charge in [-0.05, 0) is 41.9 Å². The molecule has 4 N–H and O–H groups in total. The molecule has 1 aliphatic heterocycles. The zero-order valence-corrected chi connectivity index (χ0v) is 24.5. The van der Waals surface area contributed by atoms with Crippen molar-refractivity contribution in [2.45, 2.75) is 103 Å². The summed E-state index contributed by atoms with van der Waals surface area (Å²) in [6.45, 7) is 12.7. The van der Waals surface area contributed by atoms with Crippen molar-refractivity contribution in [2.75, 3.05) is 6.61 Å². The van der Waals surface area contributed by atoms with Gasteiger partial charge in [0.2, 0.25) is 0 Å². The van der Waals surface area contributed by atoms with Gasteiger partial charge in [0.1, 0.15) is 17.8 Å². The minimum absolute atomic E-state index is 0.00183. The Balaban J connectivity index is 1.57. The fourth-order valence-corrected chi connectivity index (χ4v) is 8.76. The molecule has 8 heteroatoms. The molecule has 0 radical (unpaired) electrons. The van der Waals surface area contributed by atoms with Crippen molar-refractivity contribution >= 4 is 11.8 Å². The number of fused-ring (bicyclic) bond motifs is 5. The SMILES string of the molecule is CC1=C2C(O)C(=O)[C@@]3(C)C(C(C)C(O)(CC1OC(=O)C(O)[C@@H](C)c1ccccc1)C2(C)C)[C@]1(O)COC1C[C@@H]3C. The highest BCUT2D eigenvalue weighted by Crippen LogP contribution is 2.65. The summed E-state index contributed by atoms with van der Waals surface area (Å²) in [6.07, 6.45) is -3.96. The van der Waals surface area contributed by atoms with E-state index in [0.717, 1.165) is 5.56 Å². The third kappa shape index (κ3) is 3.76. The molecule has 220 valence electrons. The summed E-state index contributed by atoms with van der Waals surface area (Å²) in [7, 11) is 0. The van der Waals surface area contributed by atoms with Gasteiger partial charge in [-0.15, -0.1) is 0 Å². The van der Waals surface area contributed by atoms with Crippen LogP contribution in [0.4, 0.5) is 0 Å². The van der Waals surface area contributed by atoms with Crippen LogP contribution in [0.25, 0.3) is 0 Å². The molecule has 2 bridgehead atoms. The van der Waals surface area contributed by atoms with Crippen LogP contribution in [0.5, 0.6) is 0 Å². The Morgan fingerprint density at radius 1 is 1.12 bits per heavy atom. The number of rotatable bonds is 4. The summed E-state index contributed by atoms with van der Waals surface area (Å²) in [5.74, 6) is -3.30. The van der Waals surface area contributed by atoms with Crippen LogP contribution in [0, 0.1) is 28.6 Å². The summed E-state index contributed by atoms with van der Waals surface area (Å²) in [5.41, 5.74) is -3.47. The molecule has 8 nitrogen and oxygen atoms in total. The summed E-state index contributed by atoms with van der Waals surface area (Å²) in [4.78, 5) is 27.5. The number of carbonyl (C=O) groups is 2. The third-order valence-electron chi connectivity index (χ3n) is 11.6. The molecule has 0 amide bonds. The monoisotopic (exact) mass is 556 g/mol. The van der Waals surface area contributed by atoms with Gasteiger partial charge in [0.05, 0.1) is 18.3 Å². The molecule has 0 aromatic heterocycles. The Bertz CT molecular complexity index is 1220. The summed E-state index contributed by atoms with van der Waals surface area (Å²) >= 11 is 0. The molecule has 1 aromatic carbocycles. The van der Waals surface area contributed by atoms with E-state index in [1.54, 1.807) is 27.7 Å². The molecular formula is C32H44O8. The molecule has 5 rings (SSSR count).